The molecule has 0 saturated carbocycles. The minimum absolute atomic E-state index is 0.199. The van der Waals surface area contributed by atoms with Crippen molar-refractivity contribution in [2.45, 2.75) is 76.5 Å². The van der Waals surface area contributed by atoms with E-state index in [0.29, 0.717) is 56.6 Å². The maximum atomic E-state index is 14.3. The maximum Gasteiger partial charge on any atom is 0.405 e. The lowest BCUT2D eigenvalue weighted by Gasteiger charge is -2.39. The minimum atomic E-state index is -1.53. The molecule has 17 heteroatoms. The first-order valence-electron chi connectivity index (χ1n) is 20.0. The quantitative estimate of drug-likeness (QED) is 0.0944. The van der Waals surface area contributed by atoms with E-state index in [2.05, 4.69) is 26.6 Å². The van der Waals surface area contributed by atoms with E-state index < -0.39 is 76.6 Å². The second-order valence-corrected chi connectivity index (χ2v) is 17.0. The van der Waals surface area contributed by atoms with E-state index in [1.165, 1.54) is 21.9 Å². The molecule has 6 rings (SSSR count). The molecule has 0 spiro atoms. The van der Waals surface area contributed by atoms with Crippen molar-refractivity contribution in [3.8, 4) is 28.2 Å². The summed E-state index contributed by atoms with van der Waals surface area (Å²) in [6, 6.07) is 19.6. The van der Waals surface area contributed by atoms with Gasteiger partial charge in [0, 0.05) is 23.2 Å². The zero-order chi connectivity index (χ0) is 44.6. The third kappa shape index (κ3) is 8.05. The molecule has 2 aliphatic heterocycles. The predicted molar refractivity (Wildman–Crippen MR) is 228 cm³/mol. The van der Waals surface area contributed by atoms with Crippen molar-refractivity contribution in [3.63, 3.8) is 0 Å². The molecule has 8 N–H and O–H groups in total. The van der Waals surface area contributed by atoms with Crippen LogP contribution in [-0.4, -0.2) is 85.6 Å². The molecular formula is C44H49BrFN7O8. The summed E-state index contributed by atoms with van der Waals surface area (Å²) in [7, 11) is 0. The molecule has 61 heavy (non-hydrogen) atoms. The Morgan fingerprint density at radius 1 is 0.672 bits per heavy atom. The lowest BCUT2D eigenvalue weighted by Crippen LogP contribution is -2.59. The molecule has 3 aromatic carbocycles. The third-order valence-electron chi connectivity index (χ3n) is 11.9. The number of carboxylic acid groups (broad SMARTS) is 2. The van der Waals surface area contributed by atoms with Gasteiger partial charge in [0.1, 0.15) is 29.0 Å². The highest BCUT2D eigenvalue weighted by Gasteiger charge is 2.53. The number of hydrogen-bond acceptors (Lipinski definition) is 6. The van der Waals surface area contributed by atoms with Crippen molar-refractivity contribution < 1.29 is 43.4 Å². The SMILES string of the molecule is CC(C)[C@H](NC(=O)O)C(=O)N1CCC[C@@]1(C(N)=O)c1ccc(-c2cc(Br)c(-c3ccc([C@]4(C(N)=O)CCCN4C(=O)[C@@H](NC(=O)O)C(C)C)cc3)n2-c2ccc(F)cc2)cc1. The Bertz CT molecular complexity index is 2350. The van der Waals surface area contributed by atoms with E-state index in [1.54, 1.807) is 88.4 Å². The van der Waals surface area contributed by atoms with Crippen LogP contribution in [0.4, 0.5) is 14.0 Å². The Labute approximate surface area is 360 Å². The number of nitrogens with one attached hydrogen (secondary N) is 2. The Kier molecular flexibility index (Phi) is 12.6. The molecule has 0 aliphatic carbocycles. The normalized spacial score (nSPS) is 19.8. The first-order valence-corrected chi connectivity index (χ1v) is 20.7. The monoisotopic (exact) mass is 901 g/mol. The number of nitrogens with two attached hydrogens (primary N) is 2. The number of rotatable bonds is 13. The highest BCUT2D eigenvalue weighted by Crippen LogP contribution is 2.44. The number of nitrogens with zero attached hydrogens (tertiary/aromatic N) is 3. The Morgan fingerprint density at radius 3 is 1.46 bits per heavy atom. The van der Waals surface area contributed by atoms with Crippen LogP contribution in [0.25, 0.3) is 28.2 Å². The molecule has 2 aliphatic rings. The van der Waals surface area contributed by atoms with Crippen molar-refractivity contribution in [3.05, 3.63) is 100 Å². The van der Waals surface area contributed by atoms with Crippen molar-refractivity contribution in [1.29, 1.82) is 0 Å². The number of primary amides is 2. The summed E-state index contributed by atoms with van der Waals surface area (Å²) >= 11 is 3.74. The maximum absolute atomic E-state index is 14.3. The van der Waals surface area contributed by atoms with Gasteiger partial charge in [0.05, 0.1) is 11.4 Å². The van der Waals surface area contributed by atoms with E-state index in [1.807, 2.05) is 10.6 Å². The number of carbonyl (C=O) groups is 6. The fourth-order valence-electron chi connectivity index (χ4n) is 8.90. The van der Waals surface area contributed by atoms with E-state index >= 15 is 0 Å². The molecule has 1 aromatic heterocycles. The molecule has 3 heterocycles. The Morgan fingerprint density at radius 2 is 1.08 bits per heavy atom. The lowest BCUT2D eigenvalue weighted by molar-refractivity contribution is -0.146. The number of halogens is 2. The van der Waals surface area contributed by atoms with Crippen LogP contribution in [0.15, 0.2) is 83.3 Å². The fourth-order valence-corrected chi connectivity index (χ4v) is 9.52. The average Bonchev–Trinajstić information content (AvgIpc) is 3.95. The summed E-state index contributed by atoms with van der Waals surface area (Å²) in [5.41, 5.74) is 13.3. The lowest BCUT2D eigenvalue weighted by atomic mass is 9.85. The van der Waals surface area contributed by atoms with Gasteiger partial charge in [-0.2, -0.15) is 0 Å². The summed E-state index contributed by atoms with van der Waals surface area (Å²) < 4.78 is 16.9. The van der Waals surface area contributed by atoms with Gasteiger partial charge in [-0.1, -0.05) is 76.2 Å². The number of benzene rings is 3. The van der Waals surface area contributed by atoms with Crippen molar-refractivity contribution in [1.82, 2.24) is 25.0 Å². The number of aromatic nitrogens is 1. The first kappa shape index (κ1) is 44.3. The van der Waals surface area contributed by atoms with Crippen LogP contribution in [-0.2, 0) is 30.3 Å². The first-order chi connectivity index (χ1) is 28.8. The third-order valence-corrected chi connectivity index (χ3v) is 12.5. The average molecular weight is 903 g/mol. The molecule has 4 aromatic rings. The van der Waals surface area contributed by atoms with Crippen LogP contribution >= 0.6 is 15.9 Å². The Balaban J connectivity index is 1.42. The summed E-state index contributed by atoms with van der Waals surface area (Å²) in [6.45, 7) is 7.24. The van der Waals surface area contributed by atoms with Gasteiger partial charge in [0.2, 0.25) is 23.6 Å². The smallest absolute Gasteiger partial charge is 0.405 e. The van der Waals surface area contributed by atoms with Gasteiger partial charge < -0.3 is 46.7 Å². The van der Waals surface area contributed by atoms with Crippen LogP contribution in [0.2, 0.25) is 0 Å². The van der Waals surface area contributed by atoms with Crippen LogP contribution in [0.1, 0.15) is 64.5 Å². The second kappa shape index (κ2) is 17.4. The highest BCUT2D eigenvalue weighted by molar-refractivity contribution is 9.10. The van der Waals surface area contributed by atoms with Crippen molar-refractivity contribution in [2.75, 3.05) is 13.1 Å². The zero-order valence-electron chi connectivity index (χ0n) is 34.2. The molecular weight excluding hydrogens is 853 g/mol. The van der Waals surface area contributed by atoms with E-state index in [4.69, 9.17) is 11.5 Å². The van der Waals surface area contributed by atoms with Gasteiger partial charge in [-0.25, -0.2) is 14.0 Å². The van der Waals surface area contributed by atoms with Gasteiger partial charge >= 0.3 is 12.2 Å². The van der Waals surface area contributed by atoms with E-state index in [9.17, 15) is 43.4 Å². The van der Waals surface area contributed by atoms with Crippen molar-refractivity contribution >= 4 is 51.7 Å². The van der Waals surface area contributed by atoms with Gasteiger partial charge in [0.15, 0.2) is 0 Å². The molecule has 0 unspecified atom stereocenters. The van der Waals surface area contributed by atoms with Crippen molar-refractivity contribution in [2.24, 2.45) is 23.3 Å². The van der Waals surface area contributed by atoms with Crippen LogP contribution < -0.4 is 22.1 Å². The number of amides is 6. The highest BCUT2D eigenvalue weighted by atomic mass is 79.9. The molecule has 2 fully saturated rings. The molecule has 0 bridgehead atoms. The van der Waals surface area contributed by atoms with Crippen LogP contribution in [0.5, 0.6) is 0 Å². The van der Waals surface area contributed by atoms with Gasteiger partial charge in [-0.05, 0) is 106 Å². The number of likely N-dealkylation sites (tertiary alicyclic amines) is 2. The van der Waals surface area contributed by atoms with Gasteiger partial charge in [-0.15, -0.1) is 0 Å². The topological polar surface area (TPSA) is 230 Å². The summed E-state index contributed by atoms with van der Waals surface area (Å²) in [5, 5.41) is 23.5. The summed E-state index contributed by atoms with van der Waals surface area (Å²) in [4.78, 5) is 80.5. The number of hydrogen-bond donors (Lipinski definition) is 6. The molecule has 322 valence electrons. The minimum Gasteiger partial charge on any atom is -0.465 e. The van der Waals surface area contributed by atoms with Crippen LogP contribution in [0, 0.1) is 17.7 Å². The standard InChI is InChI=1S/C44H49BrFN7O8/c1-24(2)34(49-41(58)59)37(54)51-21-5-19-43(51,39(47)56)28-11-7-26(8-12-28)33-23-32(45)36(53(33)31-17-15-30(46)16-18-31)27-9-13-29(14-10-27)44(40(48)57)20-6-22-52(44)38(55)35(25(3)4)50-42(60)61/h7-18,23-25,34-35,49-50H,5-6,19-22H2,1-4H3,(H2,47,56)(H2,48,57)(H,58,59)(H,60,61)/t34-,35-,43-,44-/m0/s1. The summed E-state index contributed by atoms with van der Waals surface area (Å²) in [5.74, 6) is -3.84. The fraction of sp³-hybridized carbons (Fsp3) is 0.364. The molecule has 6 amide bonds. The van der Waals surface area contributed by atoms with E-state index in [-0.39, 0.29) is 25.9 Å². The van der Waals surface area contributed by atoms with Crippen LogP contribution in [0.3, 0.4) is 0 Å². The van der Waals surface area contributed by atoms with Gasteiger partial charge in [0.25, 0.3) is 0 Å². The Hall–Kier alpha value is -6.23. The zero-order valence-corrected chi connectivity index (χ0v) is 35.7. The van der Waals surface area contributed by atoms with E-state index in [0.717, 1.165) is 0 Å². The van der Waals surface area contributed by atoms with Gasteiger partial charge in [-0.3, -0.25) is 19.2 Å². The molecule has 0 radical (unpaired) electrons. The molecule has 2 saturated heterocycles. The second-order valence-electron chi connectivity index (χ2n) is 16.2. The predicted octanol–water partition coefficient (Wildman–Crippen LogP) is 5.90. The molecule has 15 nitrogen and oxygen atoms in total. The largest absolute Gasteiger partial charge is 0.465 e. The molecule has 4 atom stereocenters. The summed E-state index contributed by atoms with van der Waals surface area (Å²) in [6.07, 6.45) is -1.32. The number of carbonyl (C=O) groups excluding carboxylic acids is 4.